The van der Waals surface area contributed by atoms with E-state index in [0.29, 0.717) is 17.7 Å². The lowest BCUT2D eigenvalue weighted by molar-refractivity contribution is -0.136. The van der Waals surface area contributed by atoms with Gasteiger partial charge in [-0.2, -0.15) is 5.10 Å². The van der Waals surface area contributed by atoms with Gasteiger partial charge in [0.15, 0.2) is 12.4 Å². The Kier molecular flexibility index (Phi) is 7.91. The van der Waals surface area contributed by atoms with Gasteiger partial charge in [0.25, 0.3) is 0 Å². The molecule has 2 aromatic carbocycles. The van der Waals surface area contributed by atoms with E-state index in [1.54, 1.807) is 30.3 Å². The van der Waals surface area contributed by atoms with Crippen LogP contribution in [0, 0.1) is 13.8 Å². The Bertz CT molecular complexity index is 1160. The number of Topliss-reactive ketones (excluding diaryl/α,β-unsaturated/α-hetero) is 1. The summed E-state index contributed by atoms with van der Waals surface area (Å²) in [5.41, 5.74) is 4.44. The van der Waals surface area contributed by atoms with Crippen LogP contribution in [-0.2, 0) is 14.3 Å². The Morgan fingerprint density at radius 2 is 1.73 bits per heavy atom. The molecule has 0 spiro atoms. The highest BCUT2D eigenvalue weighted by Gasteiger charge is 2.12. The van der Waals surface area contributed by atoms with Gasteiger partial charge >= 0.3 is 5.97 Å². The van der Waals surface area contributed by atoms with Crippen LogP contribution in [0.15, 0.2) is 60.7 Å². The maximum atomic E-state index is 12.3. The van der Waals surface area contributed by atoms with Crippen molar-refractivity contribution < 1.29 is 19.1 Å². The lowest BCUT2D eigenvalue weighted by atomic mass is 10.1. The van der Waals surface area contributed by atoms with Crippen molar-refractivity contribution in [3.8, 4) is 5.69 Å². The molecule has 0 bridgehead atoms. The summed E-state index contributed by atoms with van der Waals surface area (Å²) < 4.78 is 6.92. The van der Waals surface area contributed by atoms with Crippen molar-refractivity contribution in [3.63, 3.8) is 0 Å². The summed E-state index contributed by atoms with van der Waals surface area (Å²) in [6.07, 6.45) is 4.15. The number of carbonyl (C=O) groups excluding carboxylic acids is 3. The summed E-state index contributed by atoms with van der Waals surface area (Å²) in [6, 6.07) is 16.2. The molecule has 3 rings (SSSR count). The Morgan fingerprint density at radius 1 is 1.03 bits per heavy atom. The van der Waals surface area contributed by atoms with E-state index in [4.69, 9.17) is 4.74 Å². The molecule has 0 aliphatic carbocycles. The highest BCUT2D eigenvalue weighted by molar-refractivity contribution is 5.99. The van der Waals surface area contributed by atoms with Gasteiger partial charge in [-0.25, -0.2) is 9.48 Å². The number of amides is 1. The lowest BCUT2D eigenvalue weighted by Crippen LogP contribution is -2.13. The lowest BCUT2D eigenvalue weighted by Gasteiger charge is -2.06. The predicted octanol–water partition coefficient (Wildman–Crippen LogP) is 4.67. The normalized spacial score (nSPS) is 10.9. The Morgan fingerprint density at radius 3 is 2.39 bits per heavy atom. The number of anilines is 1. The number of ether oxygens (including phenoxy) is 1. The molecule has 1 N–H and O–H groups in total. The quantitative estimate of drug-likeness (QED) is 0.294. The van der Waals surface area contributed by atoms with Gasteiger partial charge in [0.1, 0.15) is 0 Å². The standard InChI is InChI=1S/C26H27N3O4/c1-4-8-25(31)27-21-13-11-20(12-14-21)24(30)17-33-26(32)16-15-23-18(2)28-29(19(23)3)22-9-6-5-7-10-22/h5-7,9-16H,4,8,17H2,1-3H3,(H,27,31)/b16-15+. The first-order valence-corrected chi connectivity index (χ1v) is 10.8. The number of carbonyl (C=O) groups is 3. The van der Waals surface area contributed by atoms with Crippen molar-refractivity contribution in [1.29, 1.82) is 0 Å². The van der Waals surface area contributed by atoms with E-state index in [1.807, 2.05) is 55.8 Å². The number of para-hydroxylation sites is 1. The number of aromatic nitrogens is 2. The molecule has 33 heavy (non-hydrogen) atoms. The predicted molar refractivity (Wildman–Crippen MR) is 127 cm³/mol. The fourth-order valence-electron chi connectivity index (χ4n) is 3.33. The molecule has 0 unspecified atom stereocenters. The molecule has 7 nitrogen and oxygen atoms in total. The summed E-state index contributed by atoms with van der Waals surface area (Å²) in [6.45, 7) is 5.36. The largest absolute Gasteiger partial charge is 0.454 e. The van der Waals surface area contributed by atoms with Crippen molar-refractivity contribution >= 4 is 29.4 Å². The second kappa shape index (κ2) is 11.0. The fourth-order valence-corrected chi connectivity index (χ4v) is 3.33. The molecular formula is C26H27N3O4. The van der Waals surface area contributed by atoms with E-state index >= 15 is 0 Å². The smallest absolute Gasteiger partial charge is 0.331 e. The number of hydrogen-bond acceptors (Lipinski definition) is 5. The molecule has 0 saturated carbocycles. The van der Waals surface area contributed by atoms with Crippen molar-refractivity contribution in [1.82, 2.24) is 9.78 Å². The topological polar surface area (TPSA) is 90.3 Å². The SMILES string of the molecule is CCCC(=O)Nc1ccc(C(=O)COC(=O)/C=C/c2c(C)nn(-c3ccccc3)c2C)cc1. The molecule has 7 heteroatoms. The van der Waals surface area contributed by atoms with Gasteiger partial charge < -0.3 is 10.1 Å². The highest BCUT2D eigenvalue weighted by atomic mass is 16.5. The average molecular weight is 446 g/mol. The molecule has 0 saturated heterocycles. The number of aryl methyl sites for hydroxylation is 1. The molecule has 0 radical (unpaired) electrons. The van der Waals surface area contributed by atoms with Gasteiger partial charge in [-0.15, -0.1) is 0 Å². The Hall–Kier alpha value is -4.00. The maximum Gasteiger partial charge on any atom is 0.331 e. The molecule has 1 aromatic heterocycles. The zero-order chi connectivity index (χ0) is 23.8. The summed E-state index contributed by atoms with van der Waals surface area (Å²) >= 11 is 0. The highest BCUT2D eigenvalue weighted by Crippen LogP contribution is 2.19. The van der Waals surface area contributed by atoms with Gasteiger partial charge in [0, 0.05) is 35.0 Å². The van der Waals surface area contributed by atoms with Crippen LogP contribution >= 0.6 is 0 Å². The number of benzene rings is 2. The molecule has 0 aliphatic heterocycles. The first-order chi connectivity index (χ1) is 15.9. The summed E-state index contributed by atoms with van der Waals surface area (Å²) in [5, 5.41) is 7.30. The first kappa shape index (κ1) is 23.7. The van der Waals surface area contributed by atoms with Crippen LogP contribution in [0.4, 0.5) is 5.69 Å². The Balaban J connectivity index is 1.57. The van der Waals surface area contributed by atoms with E-state index in [0.717, 1.165) is 29.1 Å². The molecule has 1 heterocycles. The van der Waals surface area contributed by atoms with Crippen molar-refractivity contribution in [2.45, 2.75) is 33.6 Å². The minimum Gasteiger partial charge on any atom is -0.454 e. The third kappa shape index (κ3) is 6.26. The number of esters is 1. The average Bonchev–Trinajstić information content (AvgIpc) is 3.10. The van der Waals surface area contributed by atoms with Crippen molar-refractivity contribution in [3.05, 3.63) is 83.2 Å². The zero-order valence-corrected chi connectivity index (χ0v) is 19.0. The monoisotopic (exact) mass is 445 g/mol. The van der Waals surface area contributed by atoms with E-state index in [-0.39, 0.29) is 18.3 Å². The molecule has 170 valence electrons. The summed E-state index contributed by atoms with van der Waals surface area (Å²) in [4.78, 5) is 36.1. The zero-order valence-electron chi connectivity index (χ0n) is 19.0. The third-order valence-electron chi connectivity index (χ3n) is 5.05. The van der Waals surface area contributed by atoms with Gasteiger partial charge in [-0.05, 0) is 62.7 Å². The van der Waals surface area contributed by atoms with Gasteiger partial charge in [0.05, 0.1) is 11.4 Å². The molecular weight excluding hydrogens is 418 g/mol. The molecule has 1 amide bonds. The van der Waals surface area contributed by atoms with Crippen molar-refractivity contribution in [2.24, 2.45) is 0 Å². The summed E-state index contributed by atoms with van der Waals surface area (Å²) in [7, 11) is 0. The van der Waals surface area contributed by atoms with E-state index < -0.39 is 5.97 Å². The van der Waals surface area contributed by atoms with Gasteiger partial charge in [-0.3, -0.25) is 9.59 Å². The molecule has 0 atom stereocenters. The molecule has 0 fully saturated rings. The van der Waals surface area contributed by atoms with Crippen LogP contribution < -0.4 is 5.32 Å². The van der Waals surface area contributed by atoms with Gasteiger partial charge in [-0.1, -0.05) is 25.1 Å². The van der Waals surface area contributed by atoms with Crippen LogP contribution in [0.25, 0.3) is 11.8 Å². The van der Waals surface area contributed by atoms with Crippen LogP contribution in [0.1, 0.15) is 47.1 Å². The minimum absolute atomic E-state index is 0.0721. The number of hydrogen-bond donors (Lipinski definition) is 1. The van der Waals surface area contributed by atoms with Crippen LogP contribution in [0.2, 0.25) is 0 Å². The number of ketones is 1. The van der Waals surface area contributed by atoms with Crippen LogP contribution in [0.5, 0.6) is 0 Å². The van der Waals surface area contributed by atoms with Crippen molar-refractivity contribution in [2.75, 3.05) is 11.9 Å². The first-order valence-electron chi connectivity index (χ1n) is 10.8. The third-order valence-corrected chi connectivity index (χ3v) is 5.05. The van der Waals surface area contributed by atoms with E-state index in [2.05, 4.69) is 10.4 Å². The van der Waals surface area contributed by atoms with Gasteiger partial charge in [0.2, 0.25) is 5.91 Å². The fraction of sp³-hybridized carbons (Fsp3) is 0.231. The number of nitrogens with one attached hydrogen (secondary N) is 1. The van der Waals surface area contributed by atoms with E-state index in [1.165, 1.54) is 6.08 Å². The second-order valence-corrected chi connectivity index (χ2v) is 7.57. The minimum atomic E-state index is -0.613. The Labute approximate surface area is 193 Å². The number of rotatable bonds is 9. The number of nitrogens with zero attached hydrogens (tertiary/aromatic N) is 2. The molecule has 3 aromatic rings. The summed E-state index contributed by atoms with van der Waals surface area (Å²) in [5.74, 6) is -1.01. The molecule has 0 aliphatic rings. The maximum absolute atomic E-state index is 12.3. The van der Waals surface area contributed by atoms with Crippen LogP contribution in [-0.4, -0.2) is 34.0 Å². The van der Waals surface area contributed by atoms with E-state index in [9.17, 15) is 14.4 Å². The second-order valence-electron chi connectivity index (χ2n) is 7.57. The van der Waals surface area contributed by atoms with Crippen LogP contribution in [0.3, 0.4) is 0 Å².